The molecule has 1 atom stereocenters. The Bertz CT molecular complexity index is 756. The molecule has 6 nitrogen and oxygen atoms in total. The average Bonchev–Trinajstić information content (AvgIpc) is 2.65. The van der Waals surface area contributed by atoms with Gasteiger partial charge in [-0.15, -0.1) is 0 Å². The third kappa shape index (κ3) is 4.27. The Labute approximate surface area is 173 Å². The molecule has 2 amide bonds. The number of ether oxygens (including phenoxy) is 1. The summed E-state index contributed by atoms with van der Waals surface area (Å²) in [5.74, 6) is 3.03. The Balaban J connectivity index is 1.36. The lowest BCUT2D eigenvalue weighted by atomic mass is 9.48. The van der Waals surface area contributed by atoms with Crippen LogP contribution in [0.4, 0.5) is 11.4 Å². The van der Waals surface area contributed by atoms with Gasteiger partial charge in [0, 0.05) is 18.7 Å². The number of carbonyl (C=O) groups is 2. The number of nitrogens with one attached hydrogen (secondary N) is 3. The summed E-state index contributed by atoms with van der Waals surface area (Å²) in [6.45, 7) is 3.99. The molecule has 0 aliphatic heterocycles. The number of methoxy groups -OCH3 is 1. The molecule has 0 heterocycles. The van der Waals surface area contributed by atoms with Gasteiger partial charge in [0.1, 0.15) is 5.75 Å². The number of hydrogen-bond acceptors (Lipinski definition) is 4. The van der Waals surface area contributed by atoms with E-state index >= 15 is 0 Å². The van der Waals surface area contributed by atoms with Gasteiger partial charge in [-0.1, -0.05) is 0 Å². The second-order valence-electron chi connectivity index (χ2n) is 9.53. The first-order chi connectivity index (χ1) is 13.9. The van der Waals surface area contributed by atoms with Crippen molar-refractivity contribution in [1.29, 1.82) is 0 Å². The quantitative estimate of drug-likeness (QED) is 0.652. The van der Waals surface area contributed by atoms with Gasteiger partial charge in [-0.2, -0.15) is 0 Å². The first-order valence-electron chi connectivity index (χ1n) is 10.9. The summed E-state index contributed by atoms with van der Waals surface area (Å²) in [6, 6.07) is 5.56. The largest absolute Gasteiger partial charge is 0.495 e. The first-order valence-corrected chi connectivity index (χ1v) is 10.9. The van der Waals surface area contributed by atoms with E-state index in [1.54, 1.807) is 25.3 Å². The van der Waals surface area contributed by atoms with Gasteiger partial charge in [-0.3, -0.25) is 9.59 Å². The van der Waals surface area contributed by atoms with E-state index in [2.05, 4.69) is 22.9 Å². The molecule has 158 valence electrons. The highest BCUT2D eigenvalue weighted by atomic mass is 16.5. The van der Waals surface area contributed by atoms with Crippen LogP contribution in [0.1, 0.15) is 52.4 Å². The standard InChI is InChI=1S/C23H33N3O3/c1-14(23-10-16-6-17(11-23)8-18(7-16)12-23)24-13-22(28)26-20-9-19(25-15(2)27)4-5-21(20)29-3/h4-5,9,14,16-18,24H,6-8,10-13H2,1-3H3,(H,25,27)(H,26,28)/t14-,16?,17?,18?,23?/m0/s1. The van der Waals surface area contributed by atoms with E-state index in [1.165, 1.54) is 45.4 Å². The van der Waals surface area contributed by atoms with Gasteiger partial charge in [0.2, 0.25) is 11.8 Å². The molecule has 0 saturated heterocycles. The summed E-state index contributed by atoms with van der Waals surface area (Å²) >= 11 is 0. The Kier molecular flexibility index (Phi) is 5.56. The third-order valence-electron chi connectivity index (χ3n) is 7.37. The fourth-order valence-electron chi connectivity index (χ4n) is 6.45. The first kappa shape index (κ1) is 20.2. The van der Waals surface area contributed by atoms with Crippen LogP contribution in [-0.2, 0) is 9.59 Å². The van der Waals surface area contributed by atoms with Crippen LogP contribution in [0.25, 0.3) is 0 Å². The maximum atomic E-state index is 12.6. The zero-order valence-electron chi connectivity index (χ0n) is 17.7. The van der Waals surface area contributed by atoms with Gasteiger partial charge in [0.05, 0.1) is 19.3 Å². The van der Waals surface area contributed by atoms with E-state index in [0.717, 1.165) is 17.8 Å². The van der Waals surface area contributed by atoms with Crippen molar-refractivity contribution in [3.8, 4) is 5.75 Å². The maximum Gasteiger partial charge on any atom is 0.238 e. The fraction of sp³-hybridized carbons (Fsp3) is 0.652. The molecular formula is C23H33N3O3. The molecule has 4 bridgehead atoms. The predicted molar refractivity (Wildman–Crippen MR) is 114 cm³/mol. The van der Waals surface area contributed by atoms with Crippen molar-refractivity contribution in [2.45, 2.75) is 58.4 Å². The Hall–Kier alpha value is -2.08. The SMILES string of the molecule is COc1ccc(NC(C)=O)cc1NC(=O)CN[C@@H](C)C12CC3CC(CC(C3)C1)C2. The lowest BCUT2D eigenvalue weighted by Crippen LogP contribution is -2.55. The van der Waals surface area contributed by atoms with Crippen molar-refractivity contribution < 1.29 is 14.3 Å². The molecule has 5 rings (SSSR count). The van der Waals surface area contributed by atoms with Crippen LogP contribution in [0.2, 0.25) is 0 Å². The van der Waals surface area contributed by atoms with E-state index in [4.69, 9.17) is 4.74 Å². The molecule has 4 aliphatic carbocycles. The second kappa shape index (κ2) is 7.98. The lowest BCUT2D eigenvalue weighted by molar-refractivity contribution is -0.116. The highest BCUT2D eigenvalue weighted by Crippen LogP contribution is 2.61. The van der Waals surface area contributed by atoms with Crippen molar-refractivity contribution in [2.75, 3.05) is 24.3 Å². The van der Waals surface area contributed by atoms with Crippen LogP contribution in [-0.4, -0.2) is 31.5 Å². The Morgan fingerprint density at radius 1 is 1.10 bits per heavy atom. The molecule has 29 heavy (non-hydrogen) atoms. The summed E-state index contributed by atoms with van der Waals surface area (Å²) in [7, 11) is 1.57. The van der Waals surface area contributed by atoms with Gasteiger partial charge in [-0.25, -0.2) is 0 Å². The molecule has 4 fully saturated rings. The van der Waals surface area contributed by atoms with Crippen LogP contribution in [0.15, 0.2) is 18.2 Å². The molecule has 0 unspecified atom stereocenters. The molecule has 0 spiro atoms. The van der Waals surface area contributed by atoms with Gasteiger partial charge in [0.15, 0.2) is 0 Å². The Morgan fingerprint density at radius 3 is 2.28 bits per heavy atom. The molecule has 1 aromatic rings. The van der Waals surface area contributed by atoms with E-state index in [-0.39, 0.29) is 18.4 Å². The number of anilines is 2. The van der Waals surface area contributed by atoms with E-state index in [1.807, 2.05) is 0 Å². The number of carbonyl (C=O) groups excluding carboxylic acids is 2. The molecule has 6 heteroatoms. The zero-order chi connectivity index (χ0) is 20.6. The highest BCUT2D eigenvalue weighted by Gasteiger charge is 2.52. The normalized spacial score (nSPS) is 30.7. The molecule has 1 aromatic carbocycles. The number of rotatable bonds is 7. The molecule has 4 saturated carbocycles. The van der Waals surface area contributed by atoms with Crippen LogP contribution in [0.5, 0.6) is 5.75 Å². The molecule has 0 aromatic heterocycles. The van der Waals surface area contributed by atoms with Gasteiger partial charge in [0.25, 0.3) is 0 Å². The Morgan fingerprint density at radius 2 is 1.72 bits per heavy atom. The molecular weight excluding hydrogens is 366 g/mol. The highest BCUT2D eigenvalue weighted by molar-refractivity contribution is 5.95. The summed E-state index contributed by atoms with van der Waals surface area (Å²) in [5.41, 5.74) is 1.56. The summed E-state index contributed by atoms with van der Waals surface area (Å²) < 4.78 is 5.35. The minimum atomic E-state index is -0.154. The van der Waals surface area contributed by atoms with Gasteiger partial charge >= 0.3 is 0 Å². The molecule has 0 radical (unpaired) electrons. The molecule has 3 N–H and O–H groups in total. The second-order valence-corrected chi connectivity index (χ2v) is 9.53. The number of amides is 2. The van der Waals surface area contributed by atoms with Crippen LogP contribution in [0.3, 0.4) is 0 Å². The summed E-state index contributed by atoms with van der Waals surface area (Å²) in [4.78, 5) is 23.9. The average molecular weight is 400 g/mol. The summed E-state index contributed by atoms with van der Waals surface area (Å²) in [6.07, 6.45) is 8.24. The monoisotopic (exact) mass is 399 g/mol. The van der Waals surface area contributed by atoms with Crippen molar-refractivity contribution in [1.82, 2.24) is 5.32 Å². The minimum absolute atomic E-state index is 0.0974. The van der Waals surface area contributed by atoms with E-state index in [0.29, 0.717) is 28.6 Å². The van der Waals surface area contributed by atoms with Crippen LogP contribution < -0.4 is 20.7 Å². The van der Waals surface area contributed by atoms with E-state index < -0.39 is 0 Å². The topological polar surface area (TPSA) is 79.5 Å². The third-order valence-corrected chi connectivity index (χ3v) is 7.37. The number of hydrogen-bond donors (Lipinski definition) is 3. The molecule has 4 aliphatic rings. The van der Waals surface area contributed by atoms with Crippen molar-refractivity contribution >= 4 is 23.2 Å². The lowest BCUT2D eigenvalue weighted by Gasteiger charge is -2.59. The van der Waals surface area contributed by atoms with E-state index in [9.17, 15) is 9.59 Å². The smallest absolute Gasteiger partial charge is 0.238 e. The maximum absolute atomic E-state index is 12.6. The van der Waals surface area contributed by atoms with Gasteiger partial charge < -0.3 is 20.7 Å². The van der Waals surface area contributed by atoms with Crippen LogP contribution >= 0.6 is 0 Å². The van der Waals surface area contributed by atoms with Gasteiger partial charge in [-0.05, 0) is 86.8 Å². The van der Waals surface area contributed by atoms with Crippen molar-refractivity contribution in [3.05, 3.63) is 18.2 Å². The number of benzene rings is 1. The summed E-state index contributed by atoms with van der Waals surface area (Å²) in [5, 5.41) is 9.18. The minimum Gasteiger partial charge on any atom is -0.495 e. The predicted octanol–water partition coefficient (Wildman–Crippen LogP) is 3.79. The van der Waals surface area contributed by atoms with Crippen molar-refractivity contribution in [3.63, 3.8) is 0 Å². The van der Waals surface area contributed by atoms with Crippen molar-refractivity contribution in [2.24, 2.45) is 23.2 Å². The van der Waals surface area contributed by atoms with Crippen LogP contribution in [0, 0.1) is 23.2 Å². The fourth-order valence-corrected chi connectivity index (χ4v) is 6.45. The zero-order valence-corrected chi connectivity index (χ0v) is 17.7.